The van der Waals surface area contributed by atoms with Crippen LogP contribution < -0.4 is 15.2 Å². The van der Waals surface area contributed by atoms with Crippen LogP contribution in [-0.2, 0) is 23.9 Å². The minimum absolute atomic E-state index is 0.00911. The molecule has 1 aromatic carbocycles. The van der Waals surface area contributed by atoms with Gasteiger partial charge in [-0.3, -0.25) is 19.2 Å². The van der Waals surface area contributed by atoms with Gasteiger partial charge in [0.05, 0.1) is 6.10 Å². The normalized spacial score (nSPS) is 14.5. The van der Waals surface area contributed by atoms with Gasteiger partial charge in [-0.05, 0) is 37.0 Å². The van der Waals surface area contributed by atoms with Gasteiger partial charge in [-0.1, -0.05) is 40.2 Å². The number of carboxylic acid groups (broad SMARTS) is 1. The molecule has 3 unspecified atom stereocenters. The third-order valence-corrected chi connectivity index (χ3v) is 5.27. The van der Waals surface area contributed by atoms with Gasteiger partial charge in [0.2, 0.25) is 0 Å². The molecular weight excluding hydrogens is 430 g/mol. The molecule has 0 aliphatic carbocycles. The highest BCUT2D eigenvalue weighted by Crippen LogP contribution is 2.35. The Morgan fingerprint density at radius 1 is 0.939 bits per heavy atom. The summed E-state index contributed by atoms with van der Waals surface area (Å²) in [4.78, 5) is 47.5. The van der Waals surface area contributed by atoms with Gasteiger partial charge in [-0.25, -0.2) is 0 Å². The molecule has 9 heteroatoms. The maximum Gasteiger partial charge on any atom is 0.321 e. The lowest BCUT2D eigenvalue weighted by Gasteiger charge is -2.25. The number of carbonyl (C=O) groups is 4. The van der Waals surface area contributed by atoms with E-state index < -0.39 is 36.0 Å². The van der Waals surface area contributed by atoms with Crippen LogP contribution in [0, 0.1) is 5.92 Å². The number of hydrogen-bond donors (Lipinski definition) is 2. The molecule has 0 aliphatic heterocycles. The first-order valence-corrected chi connectivity index (χ1v) is 11.2. The molecule has 9 nitrogen and oxygen atoms in total. The quantitative estimate of drug-likeness (QED) is 0.330. The smallest absolute Gasteiger partial charge is 0.321 e. The molecule has 1 aromatic rings. The molecule has 0 bridgehead atoms. The monoisotopic (exact) mass is 465 g/mol. The molecule has 1 rings (SSSR count). The molecule has 33 heavy (non-hydrogen) atoms. The summed E-state index contributed by atoms with van der Waals surface area (Å²) in [5, 5.41) is 9.53. The third-order valence-electron chi connectivity index (χ3n) is 5.27. The molecule has 0 radical (unpaired) electrons. The van der Waals surface area contributed by atoms with Crippen molar-refractivity contribution in [3.63, 3.8) is 0 Å². The molecule has 4 atom stereocenters. The maximum atomic E-state index is 12.2. The molecule has 0 amide bonds. The van der Waals surface area contributed by atoms with Gasteiger partial charge in [0.1, 0.15) is 6.04 Å². The number of rotatable bonds is 13. The molecule has 0 spiro atoms. The average molecular weight is 466 g/mol. The van der Waals surface area contributed by atoms with Gasteiger partial charge in [-0.15, -0.1) is 0 Å². The molecule has 0 saturated heterocycles. The van der Waals surface area contributed by atoms with Crippen molar-refractivity contribution in [2.45, 2.75) is 84.8 Å². The molecule has 3 N–H and O–H groups in total. The van der Waals surface area contributed by atoms with Crippen molar-refractivity contribution in [1.82, 2.24) is 0 Å². The fourth-order valence-electron chi connectivity index (χ4n) is 3.08. The van der Waals surface area contributed by atoms with Crippen molar-refractivity contribution in [2.24, 2.45) is 11.7 Å². The Balaban J connectivity index is 3.23. The Bertz CT molecular complexity index is 838. The van der Waals surface area contributed by atoms with Gasteiger partial charge in [0.15, 0.2) is 11.5 Å². The zero-order valence-electron chi connectivity index (χ0n) is 20.0. The van der Waals surface area contributed by atoms with Gasteiger partial charge in [-0.2, -0.15) is 0 Å². The molecular formula is C24H35NO8. The van der Waals surface area contributed by atoms with Crippen LogP contribution >= 0.6 is 0 Å². The lowest BCUT2D eigenvalue weighted by molar-refractivity contribution is -0.150. The van der Waals surface area contributed by atoms with E-state index in [1.807, 2.05) is 13.8 Å². The van der Waals surface area contributed by atoms with Crippen LogP contribution in [0.4, 0.5) is 0 Å². The minimum atomic E-state index is -1.31. The van der Waals surface area contributed by atoms with Crippen molar-refractivity contribution in [2.75, 3.05) is 0 Å². The molecule has 0 heterocycles. The van der Waals surface area contributed by atoms with E-state index in [0.29, 0.717) is 5.56 Å². The number of ether oxygens (including phenoxy) is 3. The first-order valence-electron chi connectivity index (χ1n) is 11.2. The summed E-state index contributed by atoms with van der Waals surface area (Å²) >= 11 is 0. The Morgan fingerprint density at radius 3 is 2.03 bits per heavy atom. The second-order valence-corrected chi connectivity index (χ2v) is 8.09. The average Bonchev–Trinajstić information content (AvgIpc) is 2.77. The van der Waals surface area contributed by atoms with Crippen LogP contribution in [0.2, 0.25) is 0 Å². The lowest BCUT2D eigenvalue weighted by atomic mass is 9.87. The fourth-order valence-corrected chi connectivity index (χ4v) is 3.08. The van der Waals surface area contributed by atoms with E-state index in [0.717, 1.165) is 6.42 Å². The Hall–Kier alpha value is -2.94. The van der Waals surface area contributed by atoms with Gasteiger partial charge in [0.25, 0.3) is 0 Å². The molecule has 0 saturated carbocycles. The topological polar surface area (TPSA) is 142 Å². The highest BCUT2D eigenvalue weighted by atomic mass is 16.6. The SMILES string of the molecule is CCC(=O)Oc1ccc(C(CC(C)OC(=O)CC(C)CC)[C@H](N)C(=O)O)cc1OC(=O)CC. The summed E-state index contributed by atoms with van der Waals surface area (Å²) in [5.41, 5.74) is 6.41. The number of carboxylic acids is 1. The first-order chi connectivity index (χ1) is 15.5. The molecule has 0 aromatic heterocycles. The number of carbonyl (C=O) groups excluding carboxylic acids is 3. The fraction of sp³-hybridized carbons (Fsp3) is 0.583. The van der Waals surface area contributed by atoms with Gasteiger partial charge >= 0.3 is 23.9 Å². The third kappa shape index (κ3) is 9.21. The van der Waals surface area contributed by atoms with E-state index >= 15 is 0 Å². The zero-order valence-corrected chi connectivity index (χ0v) is 20.0. The number of esters is 3. The highest BCUT2D eigenvalue weighted by Gasteiger charge is 2.30. The van der Waals surface area contributed by atoms with E-state index in [-0.39, 0.29) is 49.1 Å². The minimum Gasteiger partial charge on any atom is -0.480 e. The van der Waals surface area contributed by atoms with Gasteiger partial charge < -0.3 is 25.1 Å². The zero-order chi connectivity index (χ0) is 25.1. The van der Waals surface area contributed by atoms with E-state index in [1.165, 1.54) is 12.1 Å². The maximum absolute atomic E-state index is 12.2. The summed E-state index contributed by atoms with van der Waals surface area (Å²) in [6, 6.07) is 3.12. The van der Waals surface area contributed by atoms with Crippen molar-refractivity contribution < 1.29 is 38.5 Å². The predicted octanol–water partition coefficient (Wildman–Crippen LogP) is 3.57. The van der Waals surface area contributed by atoms with Crippen molar-refractivity contribution in [3.8, 4) is 11.5 Å². The Kier molecular flexibility index (Phi) is 11.6. The first kappa shape index (κ1) is 28.1. The van der Waals surface area contributed by atoms with E-state index in [1.54, 1.807) is 26.8 Å². The lowest BCUT2D eigenvalue weighted by Crippen LogP contribution is -2.38. The van der Waals surface area contributed by atoms with Crippen LogP contribution in [0.5, 0.6) is 11.5 Å². The number of nitrogens with two attached hydrogens (primary N) is 1. The van der Waals surface area contributed by atoms with Crippen LogP contribution in [0.25, 0.3) is 0 Å². The number of hydrogen-bond acceptors (Lipinski definition) is 8. The summed E-state index contributed by atoms with van der Waals surface area (Å²) in [6.45, 7) is 8.84. The number of aliphatic carboxylic acids is 1. The van der Waals surface area contributed by atoms with Crippen molar-refractivity contribution in [1.29, 1.82) is 0 Å². The van der Waals surface area contributed by atoms with Crippen molar-refractivity contribution in [3.05, 3.63) is 23.8 Å². The standard InChI is InChI=1S/C24H35NO8/c1-6-14(4)11-22(28)31-15(5)12-17(23(25)24(29)30)16-9-10-18(32-20(26)7-2)19(13-16)33-21(27)8-3/h9-10,13-15,17,23H,6-8,11-12,25H2,1-5H3,(H,29,30)/t14?,15?,17?,23-/m0/s1. The predicted molar refractivity (Wildman–Crippen MR) is 121 cm³/mol. The van der Waals surface area contributed by atoms with Crippen LogP contribution in [-0.4, -0.2) is 41.1 Å². The van der Waals surface area contributed by atoms with E-state index in [4.69, 9.17) is 19.9 Å². The van der Waals surface area contributed by atoms with Gasteiger partial charge in [0, 0.05) is 25.2 Å². The van der Waals surface area contributed by atoms with E-state index in [2.05, 4.69) is 0 Å². The largest absolute Gasteiger partial charge is 0.480 e. The Morgan fingerprint density at radius 2 is 1.52 bits per heavy atom. The Labute approximate surface area is 194 Å². The van der Waals surface area contributed by atoms with Crippen LogP contribution in [0.15, 0.2) is 18.2 Å². The summed E-state index contributed by atoms with van der Waals surface area (Å²) in [6.07, 6.45) is 0.850. The van der Waals surface area contributed by atoms with Crippen LogP contribution in [0.3, 0.4) is 0 Å². The second-order valence-electron chi connectivity index (χ2n) is 8.09. The second kappa shape index (κ2) is 13.6. The number of benzene rings is 1. The molecule has 0 aliphatic rings. The highest BCUT2D eigenvalue weighted by molar-refractivity contribution is 5.77. The van der Waals surface area contributed by atoms with E-state index in [9.17, 15) is 24.3 Å². The van der Waals surface area contributed by atoms with Crippen LogP contribution in [0.1, 0.15) is 78.2 Å². The summed E-state index contributed by atoms with van der Waals surface area (Å²) in [5.74, 6) is -3.21. The molecule has 184 valence electrons. The molecule has 0 fully saturated rings. The summed E-state index contributed by atoms with van der Waals surface area (Å²) in [7, 11) is 0. The van der Waals surface area contributed by atoms with Crippen molar-refractivity contribution >= 4 is 23.9 Å². The summed E-state index contributed by atoms with van der Waals surface area (Å²) < 4.78 is 16.0.